The molecule has 86 valence electrons. The van der Waals surface area contributed by atoms with Gasteiger partial charge >= 0.3 is 0 Å². The summed E-state index contributed by atoms with van der Waals surface area (Å²) in [6.45, 7) is 2.13. The van der Waals surface area contributed by atoms with Crippen LogP contribution in [0, 0.1) is 0 Å². The minimum atomic E-state index is 0.0951. The van der Waals surface area contributed by atoms with E-state index in [2.05, 4.69) is 15.0 Å². The van der Waals surface area contributed by atoms with Gasteiger partial charge in [-0.2, -0.15) is 0 Å². The van der Waals surface area contributed by atoms with E-state index in [1.165, 1.54) is 19.3 Å². The Morgan fingerprint density at radius 2 is 2.06 bits per heavy atom. The van der Waals surface area contributed by atoms with Crippen molar-refractivity contribution < 1.29 is 5.21 Å². The third-order valence-electron chi connectivity index (χ3n) is 2.83. The molecule has 1 aromatic heterocycles. The van der Waals surface area contributed by atoms with Gasteiger partial charge in [-0.3, -0.25) is 0 Å². The van der Waals surface area contributed by atoms with Crippen LogP contribution in [-0.2, 0) is 0 Å². The molecular weight excluding hydrogens is 204 g/mol. The summed E-state index contributed by atoms with van der Waals surface area (Å²) in [4.78, 5) is 6.59. The van der Waals surface area contributed by atoms with E-state index in [0.717, 1.165) is 18.9 Å². The second-order valence-electron chi connectivity index (χ2n) is 3.94. The first-order valence-electron chi connectivity index (χ1n) is 5.50. The quantitative estimate of drug-likeness (QED) is 0.339. The van der Waals surface area contributed by atoms with E-state index >= 15 is 0 Å². The molecule has 0 bridgehead atoms. The number of nitrogens with zero attached hydrogens (tertiary/aromatic N) is 3. The molecule has 0 radical (unpaired) electrons. The molecule has 0 spiro atoms. The highest BCUT2D eigenvalue weighted by Gasteiger charge is 2.11. The Hall–Kier alpha value is -1.78. The molecule has 16 heavy (non-hydrogen) atoms. The van der Waals surface area contributed by atoms with Crippen LogP contribution >= 0.6 is 0 Å². The molecule has 0 saturated carbocycles. The molecule has 2 rings (SSSR count). The fraction of sp³-hybridized carbons (Fsp3) is 0.455. The Bertz CT molecular complexity index is 368. The maximum atomic E-state index is 8.53. The predicted octanol–water partition coefficient (Wildman–Crippen LogP) is 1.17. The fourth-order valence-corrected chi connectivity index (χ4v) is 1.91. The van der Waals surface area contributed by atoms with Crippen LogP contribution in [0.15, 0.2) is 23.5 Å². The van der Waals surface area contributed by atoms with Crippen LogP contribution in [0.5, 0.6) is 0 Å². The van der Waals surface area contributed by atoms with Crippen molar-refractivity contribution in [2.45, 2.75) is 19.3 Å². The monoisotopic (exact) mass is 220 g/mol. The lowest BCUT2D eigenvalue weighted by molar-refractivity contribution is 0.318. The van der Waals surface area contributed by atoms with Crippen LogP contribution < -0.4 is 10.6 Å². The summed E-state index contributed by atoms with van der Waals surface area (Å²) in [6, 6.07) is 3.74. The zero-order valence-corrected chi connectivity index (χ0v) is 9.13. The highest BCUT2D eigenvalue weighted by molar-refractivity contribution is 5.96. The zero-order valence-electron chi connectivity index (χ0n) is 9.13. The van der Waals surface area contributed by atoms with Gasteiger partial charge in [-0.1, -0.05) is 5.16 Å². The van der Waals surface area contributed by atoms with Crippen LogP contribution in [0.1, 0.15) is 24.8 Å². The topological polar surface area (TPSA) is 74.7 Å². The zero-order chi connectivity index (χ0) is 11.4. The summed E-state index contributed by atoms with van der Waals surface area (Å²) < 4.78 is 0. The van der Waals surface area contributed by atoms with Crippen molar-refractivity contribution in [1.29, 1.82) is 0 Å². The van der Waals surface area contributed by atoms with Crippen molar-refractivity contribution in [1.82, 2.24) is 4.98 Å². The maximum Gasteiger partial charge on any atom is 0.171 e. The first kappa shape index (κ1) is 10.7. The molecule has 1 fully saturated rings. The standard InChI is InChI=1S/C11H16N4O/c12-11(14-16)9-4-5-10(13-8-9)15-6-2-1-3-7-15/h4-5,8,16H,1-3,6-7H2,(H2,12,14). The third kappa shape index (κ3) is 2.24. The molecule has 1 aromatic rings. The summed E-state index contributed by atoms with van der Waals surface area (Å²) in [5, 5.41) is 11.5. The lowest BCUT2D eigenvalue weighted by Gasteiger charge is -2.27. The molecule has 3 N–H and O–H groups in total. The van der Waals surface area contributed by atoms with Gasteiger partial charge in [0.1, 0.15) is 5.82 Å². The number of oxime groups is 1. The van der Waals surface area contributed by atoms with Crippen molar-refractivity contribution in [2.24, 2.45) is 10.9 Å². The first-order chi connectivity index (χ1) is 7.81. The number of rotatable bonds is 2. The SMILES string of the molecule is N/C(=N\O)c1ccc(N2CCCCC2)nc1. The van der Waals surface area contributed by atoms with Gasteiger partial charge in [-0.15, -0.1) is 0 Å². The minimum Gasteiger partial charge on any atom is -0.409 e. The average molecular weight is 220 g/mol. The molecule has 0 amide bonds. The largest absolute Gasteiger partial charge is 0.409 e. The Labute approximate surface area is 94.6 Å². The molecule has 5 heteroatoms. The lowest BCUT2D eigenvalue weighted by atomic mass is 10.1. The van der Waals surface area contributed by atoms with Gasteiger partial charge < -0.3 is 15.8 Å². The Morgan fingerprint density at radius 3 is 2.62 bits per heavy atom. The maximum absolute atomic E-state index is 8.53. The van der Waals surface area contributed by atoms with Crippen LogP contribution in [0.25, 0.3) is 0 Å². The van der Waals surface area contributed by atoms with Crippen molar-refractivity contribution in [3.05, 3.63) is 23.9 Å². The Kier molecular flexibility index (Phi) is 3.24. The van der Waals surface area contributed by atoms with E-state index in [1.54, 1.807) is 6.20 Å². The smallest absolute Gasteiger partial charge is 0.171 e. The molecule has 2 heterocycles. The normalized spacial score (nSPS) is 17.5. The third-order valence-corrected chi connectivity index (χ3v) is 2.83. The van der Waals surface area contributed by atoms with E-state index in [9.17, 15) is 0 Å². The van der Waals surface area contributed by atoms with Gasteiger partial charge in [0.15, 0.2) is 5.84 Å². The summed E-state index contributed by atoms with van der Waals surface area (Å²) in [7, 11) is 0. The number of amidine groups is 1. The highest BCUT2D eigenvalue weighted by Crippen LogP contribution is 2.17. The average Bonchev–Trinajstić information content (AvgIpc) is 2.39. The van der Waals surface area contributed by atoms with Crippen molar-refractivity contribution >= 4 is 11.7 Å². The predicted molar refractivity (Wildman–Crippen MR) is 62.8 cm³/mol. The van der Waals surface area contributed by atoms with E-state index in [4.69, 9.17) is 10.9 Å². The van der Waals surface area contributed by atoms with Gasteiger partial charge in [0, 0.05) is 24.8 Å². The van der Waals surface area contributed by atoms with Gasteiger partial charge in [-0.25, -0.2) is 4.98 Å². The highest BCUT2D eigenvalue weighted by atomic mass is 16.4. The number of hydrogen-bond acceptors (Lipinski definition) is 4. The van der Waals surface area contributed by atoms with Crippen molar-refractivity contribution in [3.63, 3.8) is 0 Å². The number of anilines is 1. The molecule has 0 aliphatic carbocycles. The van der Waals surface area contributed by atoms with Crippen LogP contribution in [0.4, 0.5) is 5.82 Å². The molecular formula is C11H16N4O. The van der Waals surface area contributed by atoms with Crippen LogP contribution in [0.3, 0.4) is 0 Å². The summed E-state index contributed by atoms with van der Waals surface area (Å²) in [6.07, 6.45) is 5.39. The first-order valence-corrected chi connectivity index (χ1v) is 5.50. The van der Waals surface area contributed by atoms with E-state index < -0.39 is 0 Å². The fourth-order valence-electron chi connectivity index (χ4n) is 1.91. The van der Waals surface area contributed by atoms with Crippen LogP contribution in [0.2, 0.25) is 0 Å². The minimum absolute atomic E-state index is 0.0951. The van der Waals surface area contributed by atoms with Crippen molar-refractivity contribution in [3.8, 4) is 0 Å². The van der Waals surface area contributed by atoms with E-state index in [1.807, 2.05) is 12.1 Å². The summed E-state index contributed by atoms with van der Waals surface area (Å²) in [5.74, 6) is 1.06. The Balaban J connectivity index is 2.12. The molecule has 0 atom stereocenters. The second-order valence-corrected chi connectivity index (χ2v) is 3.94. The molecule has 1 aliphatic rings. The van der Waals surface area contributed by atoms with Crippen molar-refractivity contribution in [2.75, 3.05) is 18.0 Å². The van der Waals surface area contributed by atoms with Gasteiger partial charge in [0.25, 0.3) is 0 Å². The summed E-state index contributed by atoms with van der Waals surface area (Å²) >= 11 is 0. The number of pyridine rings is 1. The number of aromatic nitrogens is 1. The number of nitrogens with two attached hydrogens (primary N) is 1. The van der Waals surface area contributed by atoms with Gasteiger partial charge in [-0.05, 0) is 31.4 Å². The number of hydrogen-bond donors (Lipinski definition) is 2. The van der Waals surface area contributed by atoms with Crippen LogP contribution in [-0.4, -0.2) is 29.1 Å². The molecule has 1 saturated heterocycles. The van der Waals surface area contributed by atoms with E-state index in [0.29, 0.717) is 5.56 Å². The van der Waals surface area contributed by atoms with E-state index in [-0.39, 0.29) is 5.84 Å². The molecule has 0 aromatic carbocycles. The summed E-state index contributed by atoms with van der Waals surface area (Å²) in [5.41, 5.74) is 6.11. The number of piperidine rings is 1. The molecule has 5 nitrogen and oxygen atoms in total. The second kappa shape index (κ2) is 4.83. The van der Waals surface area contributed by atoms with Gasteiger partial charge in [0.05, 0.1) is 0 Å². The van der Waals surface area contributed by atoms with Gasteiger partial charge in [0.2, 0.25) is 0 Å². The molecule has 0 unspecified atom stereocenters. The molecule has 1 aliphatic heterocycles. The Morgan fingerprint density at radius 1 is 1.31 bits per heavy atom. The lowest BCUT2D eigenvalue weighted by Crippen LogP contribution is -2.30.